The smallest absolute Gasteiger partial charge is 0.265 e. The van der Waals surface area contributed by atoms with Crippen LogP contribution in [0.4, 0.5) is 0 Å². The molecule has 0 fully saturated rings. The lowest BCUT2D eigenvalue weighted by molar-refractivity contribution is 0.308. The van der Waals surface area contributed by atoms with Gasteiger partial charge in [0.05, 0.1) is 52.0 Å². The van der Waals surface area contributed by atoms with E-state index in [1.807, 2.05) is 0 Å². The largest absolute Gasteiger partial charge is 0.494 e. The molecule has 47 heavy (non-hydrogen) atoms. The standard InChI is InChI=1S/C38H54N4O5/c1-4-7-10-13-15-17-22-41-35(43)26-25-27(47-24-19-12-9-6-3)29-30-28(26)31(37(41)45)33-34(40-21-20-39-33)32(30)38(46)42(36(29)44)23-18-16-14-11-8-5-2/h25,45-46H,4-24H2,1-3H3. The van der Waals surface area contributed by atoms with Crippen LogP contribution in [0.25, 0.3) is 32.3 Å². The summed E-state index contributed by atoms with van der Waals surface area (Å²) in [5.74, 6) is 0.0381. The molecule has 3 heterocycles. The van der Waals surface area contributed by atoms with E-state index in [0.29, 0.717) is 81.6 Å². The number of nitrogens with zero attached hydrogens (tertiary/aromatic N) is 4. The lowest BCUT2D eigenvalue weighted by atomic mass is 9.94. The number of fused-ring (bicyclic) bond motifs is 3. The molecule has 9 heteroatoms. The van der Waals surface area contributed by atoms with E-state index in [9.17, 15) is 19.8 Å². The summed E-state index contributed by atoms with van der Waals surface area (Å²) in [5.41, 5.74) is -0.676. The van der Waals surface area contributed by atoms with Crippen molar-refractivity contribution < 1.29 is 14.9 Å². The maximum absolute atomic E-state index is 14.4. The summed E-state index contributed by atoms with van der Waals surface area (Å²) in [7, 11) is 0. The zero-order valence-corrected chi connectivity index (χ0v) is 28.8. The molecular formula is C38H54N4O5. The van der Waals surface area contributed by atoms with Crippen LogP contribution in [-0.2, 0) is 13.1 Å². The predicted octanol–water partition coefficient (Wildman–Crippen LogP) is 7.25. The van der Waals surface area contributed by atoms with Crippen molar-refractivity contribution in [3.63, 3.8) is 0 Å². The molecule has 0 unspecified atom stereocenters. The van der Waals surface area contributed by atoms with E-state index in [-0.39, 0.29) is 22.9 Å². The van der Waals surface area contributed by atoms with E-state index in [1.54, 1.807) is 6.07 Å². The second-order valence-electron chi connectivity index (χ2n) is 13.3. The van der Waals surface area contributed by atoms with Crippen LogP contribution < -0.4 is 26.6 Å². The summed E-state index contributed by atoms with van der Waals surface area (Å²) in [4.78, 5) is 38.2. The Kier molecular flexibility index (Phi) is 12.2. The Morgan fingerprint density at radius 1 is 0.596 bits per heavy atom. The van der Waals surface area contributed by atoms with Crippen molar-refractivity contribution in [1.82, 2.24) is 9.13 Å². The number of pyridine rings is 2. The Morgan fingerprint density at radius 2 is 1.06 bits per heavy atom. The second kappa shape index (κ2) is 16.5. The van der Waals surface area contributed by atoms with Gasteiger partial charge in [0.1, 0.15) is 5.75 Å². The van der Waals surface area contributed by atoms with Crippen LogP contribution in [0, 0.1) is 0 Å². The molecule has 0 saturated carbocycles. The van der Waals surface area contributed by atoms with E-state index in [0.717, 1.165) is 83.5 Å². The fourth-order valence-electron chi connectivity index (χ4n) is 7.17. The molecule has 5 rings (SSSR count). The van der Waals surface area contributed by atoms with Crippen molar-refractivity contribution in [2.75, 3.05) is 19.7 Å². The summed E-state index contributed by atoms with van der Waals surface area (Å²) >= 11 is 0. The Bertz CT molecular complexity index is 1910. The van der Waals surface area contributed by atoms with Crippen LogP contribution in [0.1, 0.15) is 124 Å². The van der Waals surface area contributed by atoms with E-state index < -0.39 is 0 Å². The van der Waals surface area contributed by atoms with Crippen molar-refractivity contribution in [3.8, 4) is 17.5 Å². The third-order valence-corrected chi connectivity index (χ3v) is 9.75. The first-order valence-corrected chi connectivity index (χ1v) is 18.4. The predicted molar refractivity (Wildman–Crippen MR) is 190 cm³/mol. The SMILES string of the molecule is CCCCCCCCn1c(O)c2c3c(c4c(O)n(CCCCCCCC)c(=O)c5c(OCCCCCC)cc(c1=O)c2c45)=NCCN=3. The third-order valence-electron chi connectivity index (χ3n) is 9.75. The van der Waals surface area contributed by atoms with Crippen molar-refractivity contribution in [1.29, 1.82) is 0 Å². The van der Waals surface area contributed by atoms with Crippen LogP contribution >= 0.6 is 0 Å². The van der Waals surface area contributed by atoms with Crippen LogP contribution in [0.15, 0.2) is 25.6 Å². The number of aromatic nitrogens is 2. The topological polar surface area (TPSA) is 118 Å². The zero-order chi connectivity index (χ0) is 33.3. The average Bonchev–Trinajstić information content (AvgIpc) is 3.07. The lowest BCUT2D eigenvalue weighted by Gasteiger charge is -2.21. The van der Waals surface area contributed by atoms with Gasteiger partial charge in [-0.15, -0.1) is 0 Å². The Morgan fingerprint density at radius 3 is 1.62 bits per heavy atom. The minimum Gasteiger partial charge on any atom is -0.494 e. The maximum Gasteiger partial charge on any atom is 0.265 e. The van der Waals surface area contributed by atoms with Gasteiger partial charge in [0.25, 0.3) is 11.1 Å². The number of hydrogen-bond acceptors (Lipinski definition) is 7. The molecule has 9 nitrogen and oxygen atoms in total. The van der Waals surface area contributed by atoms with Gasteiger partial charge in [-0.1, -0.05) is 104 Å². The van der Waals surface area contributed by atoms with Gasteiger partial charge in [-0.2, -0.15) is 0 Å². The minimum absolute atomic E-state index is 0.152. The van der Waals surface area contributed by atoms with Crippen LogP contribution in [0.2, 0.25) is 0 Å². The van der Waals surface area contributed by atoms with Gasteiger partial charge in [0.2, 0.25) is 11.8 Å². The summed E-state index contributed by atoms with van der Waals surface area (Å²) in [5, 5.41) is 26.9. The zero-order valence-electron chi connectivity index (χ0n) is 28.8. The van der Waals surface area contributed by atoms with Gasteiger partial charge in [0.15, 0.2) is 0 Å². The van der Waals surface area contributed by atoms with Crippen molar-refractivity contribution in [2.45, 2.75) is 137 Å². The van der Waals surface area contributed by atoms with Gasteiger partial charge >= 0.3 is 0 Å². The highest BCUT2D eigenvalue weighted by Gasteiger charge is 2.28. The molecule has 4 aromatic rings. The second-order valence-corrected chi connectivity index (χ2v) is 13.3. The summed E-state index contributed by atoms with van der Waals surface area (Å²) < 4.78 is 9.26. The molecule has 0 bridgehead atoms. The lowest BCUT2D eigenvalue weighted by Crippen LogP contribution is -2.35. The Labute approximate surface area is 277 Å². The molecule has 0 saturated heterocycles. The average molecular weight is 647 g/mol. The van der Waals surface area contributed by atoms with Gasteiger partial charge in [0, 0.05) is 23.9 Å². The molecule has 0 aliphatic carbocycles. The third kappa shape index (κ3) is 7.14. The van der Waals surface area contributed by atoms with E-state index in [2.05, 4.69) is 20.8 Å². The van der Waals surface area contributed by atoms with Gasteiger partial charge in [-0.25, -0.2) is 0 Å². The molecule has 2 N–H and O–H groups in total. The molecule has 256 valence electrons. The fourth-order valence-corrected chi connectivity index (χ4v) is 7.17. The number of aromatic hydroxyl groups is 2. The maximum atomic E-state index is 14.4. The molecule has 2 aromatic heterocycles. The number of unbranched alkanes of at least 4 members (excludes halogenated alkanes) is 13. The van der Waals surface area contributed by atoms with Gasteiger partial charge in [-0.3, -0.25) is 28.7 Å². The van der Waals surface area contributed by atoms with Crippen LogP contribution in [0.5, 0.6) is 17.5 Å². The highest BCUT2D eigenvalue weighted by molar-refractivity contribution is 6.25. The molecule has 0 spiro atoms. The normalized spacial score (nSPS) is 13.0. The molecule has 0 atom stereocenters. The highest BCUT2D eigenvalue weighted by Crippen LogP contribution is 2.40. The minimum atomic E-state index is -0.348. The molecular weight excluding hydrogens is 592 g/mol. The quantitative estimate of drug-likeness (QED) is 0.0775. The van der Waals surface area contributed by atoms with Crippen LogP contribution in [-0.4, -0.2) is 39.0 Å². The fraction of sp³-hybridized carbons (Fsp3) is 0.632. The summed E-state index contributed by atoms with van der Waals surface area (Å²) in [6.45, 7) is 8.56. The van der Waals surface area contributed by atoms with E-state index >= 15 is 0 Å². The molecule has 2 aromatic carbocycles. The van der Waals surface area contributed by atoms with Crippen molar-refractivity contribution >= 4 is 32.3 Å². The molecule has 0 radical (unpaired) electrons. The number of hydrogen-bond donors (Lipinski definition) is 2. The first-order chi connectivity index (χ1) is 23.0. The molecule has 0 amide bonds. The molecule has 1 aliphatic heterocycles. The summed E-state index contributed by atoms with van der Waals surface area (Å²) in [6, 6.07) is 1.70. The van der Waals surface area contributed by atoms with Crippen molar-refractivity contribution in [2.24, 2.45) is 9.98 Å². The summed E-state index contributed by atoms with van der Waals surface area (Å²) in [6.07, 6.45) is 16.7. The number of ether oxygens (including phenoxy) is 1. The Hall–Kier alpha value is -3.62. The first kappa shape index (κ1) is 34.7. The van der Waals surface area contributed by atoms with E-state index in [1.165, 1.54) is 28.4 Å². The first-order valence-electron chi connectivity index (χ1n) is 18.4. The Balaban J connectivity index is 1.73. The molecule has 1 aliphatic rings. The van der Waals surface area contributed by atoms with Gasteiger partial charge < -0.3 is 14.9 Å². The van der Waals surface area contributed by atoms with Gasteiger partial charge in [-0.05, 0) is 25.3 Å². The number of rotatable bonds is 20. The van der Waals surface area contributed by atoms with Crippen molar-refractivity contribution in [3.05, 3.63) is 37.5 Å². The number of benzene rings is 2. The van der Waals surface area contributed by atoms with Crippen LogP contribution in [0.3, 0.4) is 0 Å². The highest BCUT2D eigenvalue weighted by atomic mass is 16.5. The monoisotopic (exact) mass is 646 g/mol. The van der Waals surface area contributed by atoms with E-state index in [4.69, 9.17) is 14.7 Å².